The number of benzene rings is 1. The van der Waals surface area contributed by atoms with Gasteiger partial charge in [-0.2, -0.15) is 0 Å². The third-order valence-corrected chi connectivity index (χ3v) is 3.57. The van der Waals surface area contributed by atoms with E-state index in [2.05, 4.69) is 5.32 Å². The largest absolute Gasteiger partial charge is 0.380 e. The summed E-state index contributed by atoms with van der Waals surface area (Å²) in [7, 11) is 3.58. The van der Waals surface area contributed by atoms with Crippen LogP contribution in [0.3, 0.4) is 0 Å². The average Bonchev–Trinajstić information content (AvgIpc) is 3.18. The molecule has 0 spiro atoms. The smallest absolute Gasteiger partial charge is 0.159 e. The van der Waals surface area contributed by atoms with Crippen molar-refractivity contribution in [1.29, 1.82) is 0 Å². The van der Waals surface area contributed by atoms with Crippen LogP contribution in [0, 0.1) is 17.6 Å². The van der Waals surface area contributed by atoms with Crippen LogP contribution in [0.2, 0.25) is 0 Å². The minimum atomic E-state index is -0.801. The van der Waals surface area contributed by atoms with Gasteiger partial charge in [-0.1, -0.05) is 6.07 Å². The molecule has 0 aromatic heterocycles. The molecule has 1 fully saturated rings. The van der Waals surface area contributed by atoms with E-state index in [1.54, 1.807) is 13.2 Å². The summed E-state index contributed by atoms with van der Waals surface area (Å²) in [5.74, 6) is -0.995. The third kappa shape index (κ3) is 3.06. The van der Waals surface area contributed by atoms with Gasteiger partial charge < -0.3 is 10.1 Å². The zero-order chi connectivity index (χ0) is 13.1. The first-order chi connectivity index (χ1) is 8.65. The lowest BCUT2D eigenvalue weighted by molar-refractivity contribution is 0.0534. The fourth-order valence-corrected chi connectivity index (χ4v) is 2.41. The van der Waals surface area contributed by atoms with E-state index in [0.717, 1.165) is 5.56 Å². The van der Waals surface area contributed by atoms with Crippen molar-refractivity contribution in [1.82, 2.24) is 5.32 Å². The van der Waals surface area contributed by atoms with E-state index in [1.807, 2.05) is 7.05 Å². The zero-order valence-corrected chi connectivity index (χ0v) is 10.7. The molecular weight excluding hydrogens is 236 g/mol. The second-order valence-electron chi connectivity index (χ2n) is 4.89. The topological polar surface area (TPSA) is 21.3 Å². The van der Waals surface area contributed by atoms with Gasteiger partial charge in [0.25, 0.3) is 0 Å². The minimum Gasteiger partial charge on any atom is -0.380 e. The lowest BCUT2D eigenvalue weighted by atomic mass is 9.98. The van der Waals surface area contributed by atoms with Gasteiger partial charge in [-0.25, -0.2) is 8.78 Å². The van der Waals surface area contributed by atoms with Crippen molar-refractivity contribution in [3.05, 3.63) is 35.4 Å². The van der Waals surface area contributed by atoms with E-state index in [1.165, 1.54) is 25.0 Å². The van der Waals surface area contributed by atoms with Crippen molar-refractivity contribution in [2.45, 2.75) is 31.4 Å². The van der Waals surface area contributed by atoms with Gasteiger partial charge in [0, 0.05) is 13.2 Å². The molecule has 2 rings (SSSR count). The molecule has 0 radical (unpaired) electrons. The fraction of sp³-hybridized carbons (Fsp3) is 0.571. The maximum atomic E-state index is 13.2. The fourth-order valence-electron chi connectivity index (χ4n) is 2.41. The van der Waals surface area contributed by atoms with Crippen LogP contribution in [0.15, 0.2) is 18.2 Å². The number of nitrogens with one attached hydrogen (secondary N) is 1. The Kier molecular flexibility index (Phi) is 4.30. The van der Waals surface area contributed by atoms with E-state index < -0.39 is 11.6 Å². The Hall–Kier alpha value is -1.00. The van der Waals surface area contributed by atoms with Gasteiger partial charge in [-0.05, 0) is 49.9 Å². The summed E-state index contributed by atoms with van der Waals surface area (Å²) in [5.41, 5.74) is 0.788. The second kappa shape index (κ2) is 5.76. The molecule has 1 aromatic carbocycles. The SMILES string of the molecule is CNC(Cc1ccc(F)c(F)c1)C(OC)C1CC1. The van der Waals surface area contributed by atoms with Crippen molar-refractivity contribution >= 4 is 0 Å². The van der Waals surface area contributed by atoms with Gasteiger partial charge in [-0.15, -0.1) is 0 Å². The van der Waals surface area contributed by atoms with E-state index in [0.29, 0.717) is 12.3 Å². The predicted molar refractivity (Wildman–Crippen MR) is 66.4 cm³/mol. The lowest BCUT2D eigenvalue weighted by Gasteiger charge is -2.25. The number of likely N-dealkylation sites (N-methyl/N-ethyl adjacent to an activating group) is 1. The molecule has 4 heteroatoms. The van der Waals surface area contributed by atoms with Crippen LogP contribution in [-0.4, -0.2) is 26.3 Å². The zero-order valence-electron chi connectivity index (χ0n) is 10.7. The minimum absolute atomic E-state index is 0.132. The predicted octanol–water partition coefficient (Wildman–Crippen LogP) is 2.52. The van der Waals surface area contributed by atoms with Gasteiger partial charge in [0.2, 0.25) is 0 Å². The van der Waals surface area contributed by atoms with E-state index in [4.69, 9.17) is 4.74 Å². The van der Waals surface area contributed by atoms with Crippen LogP contribution in [0.25, 0.3) is 0 Å². The van der Waals surface area contributed by atoms with Gasteiger partial charge in [0.1, 0.15) is 0 Å². The van der Waals surface area contributed by atoms with Gasteiger partial charge in [0.15, 0.2) is 11.6 Å². The van der Waals surface area contributed by atoms with Gasteiger partial charge in [0.05, 0.1) is 6.10 Å². The van der Waals surface area contributed by atoms with Crippen molar-refractivity contribution in [3.8, 4) is 0 Å². The summed E-state index contributed by atoms with van der Waals surface area (Å²) >= 11 is 0. The van der Waals surface area contributed by atoms with Crippen LogP contribution in [0.5, 0.6) is 0 Å². The molecule has 2 atom stereocenters. The van der Waals surface area contributed by atoms with Crippen LogP contribution in [-0.2, 0) is 11.2 Å². The summed E-state index contributed by atoms with van der Waals surface area (Å²) in [4.78, 5) is 0. The summed E-state index contributed by atoms with van der Waals surface area (Å²) in [6, 6.07) is 4.20. The highest BCUT2D eigenvalue weighted by molar-refractivity contribution is 5.19. The highest BCUT2D eigenvalue weighted by Crippen LogP contribution is 2.36. The maximum Gasteiger partial charge on any atom is 0.159 e. The molecule has 1 aromatic rings. The third-order valence-electron chi connectivity index (χ3n) is 3.57. The van der Waals surface area contributed by atoms with Gasteiger partial charge in [-0.3, -0.25) is 0 Å². The maximum absolute atomic E-state index is 13.2. The summed E-state index contributed by atoms with van der Waals surface area (Å²) in [5, 5.41) is 3.22. The standard InChI is InChI=1S/C14H19F2NO/c1-17-13(14(18-2)10-4-5-10)8-9-3-6-11(15)12(16)7-9/h3,6-7,10,13-14,17H,4-5,8H2,1-2H3. The Bertz CT molecular complexity index is 407. The number of rotatable bonds is 6. The molecule has 100 valence electrons. The lowest BCUT2D eigenvalue weighted by Crippen LogP contribution is -2.42. The van der Waals surface area contributed by atoms with E-state index >= 15 is 0 Å². The van der Waals surface area contributed by atoms with Crippen molar-refractivity contribution < 1.29 is 13.5 Å². The summed E-state index contributed by atoms with van der Waals surface area (Å²) < 4.78 is 31.5. The quantitative estimate of drug-likeness (QED) is 0.843. The molecule has 0 aliphatic heterocycles. The highest BCUT2D eigenvalue weighted by atomic mass is 19.2. The van der Waals surface area contributed by atoms with Crippen LogP contribution in [0.1, 0.15) is 18.4 Å². The summed E-state index contributed by atoms with van der Waals surface area (Å²) in [6.07, 6.45) is 3.16. The molecule has 1 saturated carbocycles. The molecule has 18 heavy (non-hydrogen) atoms. The number of methoxy groups -OCH3 is 1. The van der Waals surface area contributed by atoms with E-state index in [-0.39, 0.29) is 12.1 Å². The molecule has 1 N–H and O–H groups in total. The molecular formula is C14H19F2NO. The Morgan fingerprint density at radius 2 is 2.06 bits per heavy atom. The Morgan fingerprint density at radius 3 is 2.56 bits per heavy atom. The number of hydrogen-bond donors (Lipinski definition) is 1. The molecule has 2 unspecified atom stereocenters. The molecule has 0 bridgehead atoms. The molecule has 0 saturated heterocycles. The number of hydrogen-bond acceptors (Lipinski definition) is 2. The Balaban J connectivity index is 2.06. The van der Waals surface area contributed by atoms with Crippen molar-refractivity contribution in [2.24, 2.45) is 5.92 Å². The highest BCUT2D eigenvalue weighted by Gasteiger charge is 2.36. The van der Waals surface area contributed by atoms with Crippen molar-refractivity contribution in [3.63, 3.8) is 0 Å². The van der Waals surface area contributed by atoms with Crippen LogP contribution >= 0.6 is 0 Å². The van der Waals surface area contributed by atoms with Crippen molar-refractivity contribution in [2.75, 3.05) is 14.2 Å². The Morgan fingerprint density at radius 1 is 1.33 bits per heavy atom. The summed E-state index contributed by atoms with van der Waals surface area (Å²) in [6.45, 7) is 0. The van der Waals surface area contributed by atoms with Gasteiger partial charge >= 0.3 is 0 Å². The molecule has 0 amide bonds. The normalized spacial score (nSPS) is 18.7. The molecule has 2 nitrogen and oxygen atoms in total. The second-order valence-corrected chi connectivity index (χ2v) is 4.89. The monoisotopic (exact) mass is 255 g/mol. The Labute approximate surface area is 106 Å². The first-order valence-electron chi connectivity index (χ1n) is 6.29. The first kappa shape index (κ1) is 13.4. The van der Waals surface area contributed by atoms with E-state index in [9.17, 15) is 8.78 Å². The molecule has 0 heterocycles. The number of halogens is 2. The first-order valence-corrected chi connectivity index (χ1v) is 6.29. The molecule has 1 aliphatic rings. The number of ether oxygens (including phenoxy) is 1. The molecule has 1 aliphatic carbocycles. The van der Waals surface area contributed by atoms with Crippen LogP contribution in [0.4, 0.5) is 8.78 Å². The van der Waals surface area contributed by atoms with Crippen LogP contribution < -0.4 is 5.32 Å². The average molecular weight is 255 g/mol.